The zero-order chi connectivity index (χ0) is 10.4. The van der Waals surface area contributed by atoms with E-state index < -0.39 is 12.1 Å². The average Bonchev–Trinajstić information content (AvgIpc) is 2.04. The molecule has 0 aliphatic heterocycles. The summed E-state index contributed by atoms with van der Waals surface area (Å²) in [6, 6.07) is -0.344. The third-order valence-corrected chi connectivity index (χ3v) is 1.40. The fourth-order valence-corrected chi connectivity index (χ4v) is 0.610. The number of hydrogen-bond donors (Lipinski definition) is 2. The zero-order valence-electron chi connectivity index (χ0n) is 7.90. The van der Waals surface area contributed by atoms with Gasteiger partial charge in [-0.05, 0) is 0 Å². The van der Waals surface area contributed by atoms with Crippen LogP contribution in [0.4, 0.5) is 4.79 Å². The maximum atomic E-state index is 11.0. The van der Waals surface area contributed by atoms with Crippen molar-refractivity contribution in [1.29, 1.82) is 0 Å². The molecule has 6 nitrogen and oxygen atoms in total. The van der Waals surface area contributed by atoms with Crippen molar-refractivity contribution in [2.75, 3.05) is 27.7 Å². The number of nitrogens with zero attached hydrogens (tertiary/aromatic N) is 1. The Balaban J connectivity index is 3.85. The Morgan fingerprint density at radius 2 is 2.08 bits per heavy atom. The van der Waals surface area contributed by atoms with Crippen molar-refractivity contribution >= 4 is 12.0 Å². The van der Waals surface area contributed by atoms with Gasteiger partial charge in [-0.1, -0.05) is 0 Å². The first-order valence-corrected chi connectivity index (χ1v) is 3.69. The van der Waals surface area contributed by atoms with Crippen molar-refractivity contribution in [2.24, 2.45) is 0 Å². The largest absolute Gasteiger partial charge is 0.479 e. The molecule has 1 unspecified atom stereocenters. The van der Waals surface area contributed by atoms with Gasteiger partial charge in [0.25, 0.3) is 0 Å². The Morgan fingerprint density at radius 3 is 2.38 bits per heavy atom. The zero-order valence-corrected chi connectivity index (χ0v) is 7.90. The Morgan fingerprint density at radius 1 is 1.54 bits per heavy atom. The highest BCUT2D eigenvalue weighted by atomic mass is 16.5. The van der Waals surface area contributed by atoms with Gasteiger partial charge in [-0.15, -0.1) is 0 Å². The summed E-state index contributed by atoms with van der Waals surface area (Å²) < 4.78 is 4.61. The molecule has 6 heteroatoms. The van der Waals surface area contributed by atoms with Gasteiger partial charge in [0, 0.05) is 21.2 Å². The molecular weight excluding hydrogens is 176 g/mol. The van der Waals surface area contributed by atoms with Crippen LogP contribution >= 0.6 is 0 Å². The molecule has 1 atom stereocenters. The number of carbonyl (C=O) groups excluding carboxylic acids is 1. The lowest BCUT2D eigenvalue weighted by Crippen LogP contribution is -2.42. The maximum Gasteiger partial charge on any atom is 0.334 e. The molecule has 2 N–H and O–H groups in total. The minimum absolute atomic E-state index is 0.0388. The molecule has 13 heavy (non-hydrogen) atoms. The van der Waals surface area contributed by atoms with Gasteiger partial charge in [0.2, 0.25) is 0 Å². The number of ether oxygens (including phenoxy) is 1. The van der Waals surface area contributed by atoms with E-state index in [4.69, 9.17) is 5.11 Å². The lowest BCUT2D eigenvalue weighted by molar-refractivity contribution is -0.148. The second-order valence-electron chi connectivity index (χ2n) is 2.64. The van der Waals surface area contributed by atoms with E-state index in [-0.39, 0.29) is 12.6 Å². The standard InChI is InChI=1S/C7H14N2O4/c1-9(2)7(12)8-4-5(13-3)6(10)11/h5H,4H2,1-3H3,(H,8,12)(H,10,11). The first-order chi connectivity index (χ1) is 5.99. The first-order valence-electron chi connectivity index (χ1n) is 3.69. The number of hydrogen-bond acceptors (Lipinski definition) is 3. The number of rotatable bonds is 4. The highest BCUT2D eigenvalue weighted by molar-refractivity contribution is 5.76. The van der Waals surface area contributed by atoms with Crippen LogP contribution in [-0.2, 0) is 9.53 Å². The fourth-order valence-electron chi connectivity index (χ4n) is 0.610. The molecule has 0 aliphatic carbocycles. The van der Waals surface area contributed by atoms with Crippen molar-refractivity contribution in [3.63, 3.8) is 0 Å². The molecule has 0 saturated carbocycles. The van der Waals surface area contributed by atoms with Gasteiger partial charge < -0.3 is 20.1 Å². The number of carboxylic acids is 1. The minimum atomic E-state index is -1.10. The number of aliphatic carboxylic acids is 1. The molecule has 0 fully saturated rings. The van der Waals surface area contributed by atoms with Gasteiger partial charge in [-0.2, -0.15) is 0 Å². The highest BCUT2D eigenvalue weighted by Gasteiger charge is 2.17. The number of methoxy groups -OCH3 is 1. The van der Waals surface area contributed by atoms with Gasteiger partial charge in [0.1, 0.15) is 0 Å². The number of carbonyl (C=O) groups is 2. The summed E-state index contributed by atoms with van der Waals surface area (Å²) in [5.74, 6) is -1.10. The van der Waals surface area contributed by atoms with Crippen molar-refractivity contribution < 1.29 is 19.4 Å². The van der Waals surface area contributed by atoms with Crippen LogP contribution in [0.25, 0.3) is 0 Å². The summed E-state index contributed by atoms with van der Waals surface area (Å²) in [5, 5.41) is 10.9. The molecule has 0 aromatic heterocycles. The molecule has 0 rings (SSSR count). The molecule has 76 valence electrons. The van der Waals surface area contributed by atoms with E-state index in [1.165, 1.54) is 12.0 Å². The predicted molar refractivity (Wildman–Crippen MR) is 45.5 cm³/mol. The van der Waals surface area contributed by atoms with E-state index in [2.05, 4.69) is 10.1 Å². The number of carboxylic acid groups (broad SMARTS) is 1. The number of nitrogens with one attached hydrogen (secondary N) is 1. The Bertz CT molecular complexity index is 193. The van der Waals surface area contributed by atoms with Crippen LogP contribution in [0.15, 0.2) is 0 Å². The molecule has 0 aromatic rings. The highest BCUT2D eigenvalue weighted by Crippen LogP contribution is 1.88. The molecule has 0 radical (unpaired) electrons. The topological polar surface area (TPSA) is 78.9 Å². The van der Waals surface area contributed by atoms with E-state index in [1.807, 2.05) is 0 Å². The first kappa shape index (κ1) is 11.7. The Hall–Kier alpha value is -1.30. The van der Waals surface area contributed by atoms with Crippen LogP contribution in [0.5, 0.6) is 0 Å². The number of urea groups is 1. The van der Waals surface area contributed by atoms with Gasteiger partial charge in [0.15, 0.2) is 6.10 Å². The second-order valence-corrected chi connectivity index (χ2v) is 2.64. The SMILES string of the molecule is COC(CNC(=O)N(C)C)C(=O)O. The Labute approximate surface area is 76.5 Å². The van der Waals surface area contributed by atoms with Gasteiger partial charge >= 0.3 is 12.0 Å². The van der Waals surface area contributed by atoms with E-state index in [0.29, 0.717) is 0 Å². The van der Waals surface area contributed by atoms with E-state index >= 15 is 0 Å². The molecule has 0 bridgehead atoms. The predicted octanol–water partition coefficient (Wildman–Crippen LogP) is -0.643. The summed E-state index contributed by atoms with van der Waals surface area (Å²) in [7, 11) is 4.41. The van der Waals surface area contributed by atoms with Crippen LogP contribution in [0.3, 0.4) is 0 Å². The summed E-state index contributed by atoms with van der Waals surface area (Å²) in [6.45, 7) is -0.0388. The summed E-state index contributed by atoms with van der Waals surface area (Å²) in [5.41, 5.74) is 0. The molecule has 0 aliphatic rings. The molecule has 0 aromatic carbocycles. The number of amides is 2. The molecule has 0 saturated heterocycles. The summed E-state index contributed by atoms with van der Waals surface area (Å²) >= 11 is 0. The smallest absolute Gasteiger partial charge is 0.334 e. The van der Waals surface area contributed by atoms with Crippen LogP contribution in [-0.4, -0.2) is 55.9 Å². The van der Waals surface area contributed by atoms with E-state index in [1.54, 1.807) is 14.1 Å². The van der Waals surface area contributed by atoms with Gasteiger partial charge in [-0.25, -0.2) is 9.59 Å². The quantitative estimate of drug-likeness (QED) is 0.618. The van der Waals surface area contributed by atoms with Crippen molar-refractivity contribution in [3.8, 4) is 0 Å². The lowest BCUT2D eigenvalue weighted by Gasteiger charge is -2.14. The summed E-state index contributed by atoms with van der Waals surface area (Å²) in [4.78, 5) is 22.7. The maximum absolute atomic E-state index is 11.0. The van der Waals surface area contributed by atoms with Crippen LogP contribution in [0, 0.1) is 0 Å². The Kier molecular flexibility index (Phi) is 4.83. The third kappa shape index (κ3) is 4.32. The van der Waals surface area contributed by atoms with Crippen LogP contribution in [0.2, 0.25) is 0 Å². The lowest BCUT2D eigenvalue weighted by atomic mass is 10.3. The van der Waals surface area contributed by atoms with Crippen molar-refractivity contribution in [1.82, 2.24) is 10.2 Å². The van der Waals surface area contributed by atoms with Gasteiger partial charge in [-0.3, -0.25) is 0 Å². The monoisotopic (exact) mass is 190 g/mol. The van der Waals surface area contributed by atoms with Crippen LogP contribution in [0.1, 0.15) is 0 Å². The second kappa shape index (κ2) is 5.36. The van der Waals surface area contributed by atoms with Crippen molar-refractivity contribution in [3.05, 3.63) is 0 Å². The normalized spacial score (nSPS) is 11.9. The third-order valence-electron chi connectivity index (χ3n) is 1.40. The van der Waals surface area contributed by atoms with E-state index in [9.17, 15) is 9.59 Å². The van der Waals surface area contributed by atoms with E-state index in [0.717, 1.165) is 0 Å². The van der Waals surface area contributed by atoms with Crippen molar-refractivity contribution in [2.45, 2.75) is 6.10 Å². The van der Waals surface area contributed by atoms with Crippen LogP contribution < -0.4 is 5.32 Å². The minimum Gasteiger partial charge on any atom is -0.479 e. The fraction of sp³-hybridized carbons (Fsp3) is 0.714. The molecule has 0 spiro atoms. The average molecular weight is 190 g/mol. The molecular formula is C7H14N2O4. The molecule has 2 amide bonds. The summed E-state index contributed by atoms with van der Waals surface area (Å²) in [6.07, 6.45) is -0.996. The van der Waals surface area contributed by atoms with Gasteiger partial charge in [0.05, 0.1) is 6.54 Å². The molecule has 0 heterocycles.